The number of thiophene rings is 1. The van der Waals surface area contributed by atoms with Gasteiger partial charge < -0.3 is 9.88 Å². The van der Waals surface area contributed by atoms with Crippen molar-refractivity contribution in [3.05, 3.63) is 141 Å². The third kappa shape index (κ3) is 5.72. The van der Waals surface area contributed by atoms with Crippen LogP contribution in [0.2, 0.25) is 0 Å². The van der Waals surface area contributed by atoms with Crippen LogP contribution in [0.5, 0.6) is 0 Å². The SMILES string of the molecule is O=C(NCc1ccc(-c2ccc3c(c2)CNN3S(=O)(=O)c2ccccc2)s1)c1cccn(Cc2ccc(F)c(F)c2)c1=O. The van der Waals surface area contributed by atoms with Crippen LogP contribution >= 0.6 is 11.3 Å². The fourth-order valence-electron chi connectivity index (χ4n) is 4.79. The van der Waals surface area contributed by atoms with Gasteiger partial charge in [-0.2, -0.15) is 12.8 Å². The number of benzene rings is 3. The van der Waals surface area contributed by atoms with E-state index >= 15 is 0 Å². The minimum absolute atomic E-state index is 0.0162. The van der Waals surface area contributed by atoms with E-state index in [1.807, 2.05) is 24.3 Å². The maximum atomic E-state index is 13.6. The Morgan fingerprint density at radius 1 is 0.930 bits per heavy atom. The number of hydrogen-bond donors (Lipinski definition) is 2. The summed E-state index contributed by atoms with van der Waals surface area (Å²) < 4.78 is 55.5. The third-order valence-electron chi connectivity index (χ3n) is 6.96. The number of hydrogen-bond acceptors (Lipinski definition) is 6. The number of sulfonamides is 1. The third-order valence-corrected chi connectivity index (χ3v) is 9.77. The Hall–Kier alpha value is -4.65. The molecule has 0 bridgehead atoms. The van der Waals surface area contributed by atoms with Gasteiger partial charge >= 0.3 is 0 Å². The van der Waals surface area contributed by atoms with E-state index < -0.39 is 33.1 Å². The molecule has 0 aliphatic carbocycles. The predicted octanol–water partition coefficient (Wildman–Crippen LogP) is 5.05. The summed E-state index contributed by atoms with van der Waals surface area (Å²) in [6, 6.07) is 24.0. The number of pyridine rings is 1. The van der Waals surface area contributed by atoms with Gasteiger partial charge in [0.25, 0.3) is 21.5 Å². The van der Waals surface area contributed by atoms with Crippen LogP contribution in [0.15, 0.2) is 107 Å². The second-order valence-corrected chi connectivity index (χ2v) is 12.8. The molecule has 0 atom stereocenters. The molecule has 0 saturated carbocycles. The van der Waals surface area contributed by atoms with E-state index in [0.717, 1.165) is 33.0 Å². The zero-order valence-electron chi connectivity index (χ0n) is 22.5. The maximum absolute atomic E-state index is 13.6. The lowest BCUT2D eigenvalue weighted by Gasteiger charge is -2.19. The van der Waals surface area contributed by atoms with E-state index in [2.05, 4.69) is 10.7 Å². The lowest BCUT2D eigenvalue weighted by molar-refractivity contribution is 0.0949. The largest absolute Gasteiger partial charge is 0.347 e. The highest BCUT2D eigenvalue weighted by molar-refractivity contribution is 7.92. The normalized spacial score (nSPS) is 12.7. The summed E-state index contributed by atoms with van der Waals surface area (Å²) in [5.41, 5.74) is 5.04. The molecule has 1 aliphatic heterocycles. The average molecular weight is 619 g/mol. The van der Waals surface area contributed by atoms with Gasteiger partial charge in [-0.25, -0.2) is 14.2 Å². The Morgan fingerprint density at radius 3 is 2.53 bits per heavy atom. The molecule has 2 N–H and O–H groups in total. The van der Waals surface area contributed by atoms with Gasteiger partial charge in [0.1, 0.15) is 5.56 Å². The Labute approximate surface area is 249 Å². The van der Waals surface area contributed by atoms with Gasteiger partial charge in [-0.3, -0.25) is 9.59 Å². The van der Waals surface area contributed by atoms with Crippen molar-refractivity contribution in [2.45, 2.75) is 24.5 Å². The number of aromatic nitrogens is 1. The van der Waals surface area contributed by atoms with Gasteiger partial charge in [0.15, 0.2) is 11.6 Å². The molecular formula is C31H24F2N4O4S2. The van der Waals surface area contributed by atoms with E-state index in [9.17, 15) is 26.8 Å². The predicted molar refractivity (Wildman–Crippen MR) is 160 cm³/mol. The summed E-state index contributed by atoms with van der Waals surface area (Å²) in [4.78, 5) is 27.8. The smallest absolute Gasteiger partial charge is 0.277 e. The lowest BCUT2D eigenvalue weighted by atomic mass is 10.1. The van der Waals surface area contributed by atoms with Gasteiger partial charge in [-0.05, 0) is 77.4 Å². The fraction of sp³-hybridized carbons (Fsp3) is 0.0968. The maximum Gasteiger partial charge on any atom is 0.277 e. The number of amides is 1. The Bertz CT molecular complexity index is 2010. The summed E-state index contributed by atoms with van der Waals surface area (Å²) in [5.74, 6) is -2.54. The van der Waals surface area contributed by atoms with Crippen molar-refractivity contribution >= 4 is 33.0 Å². The molecule has 0 radical (unpaired) electrons. The van der Waals surface area contributed by atoms with Gasteiger partial charge in [0, 0.05) is 22.5 Å². The molecule has 3 heterocycles. The average Bonchev–Trinajstić information content (AvgIpc) is 3.67. The molecule has 43 heavy (non-hydrogen) atoms. The van der Waals surface area contributed by atoms with Crippen molar-refractivity contribution in [3.8, 4) is 10.4 Å². The molecule has 0 unspecified atom stereocenters. The molecule has 3 aromatic carbocycles. The van der Waals surface area contributed by atoms with Crippen molar-refractivity contribution in [3.63, 3.8) is 0 Å². The number of rotatable bonds is 8. The van der Waals surface area contributed by atoms with E-state index in [1.165, 1.54) is 38.6 Å². The monoisotopic (exact) mass is 618 g/mol. The molecule has 0 saturated heterocycles. The van der Waals surface area contributed by atoms with E-state index in [4.69, 9.17) is 0 Å². The Balaban J connectivity index is 1.13. The Kier molecular flexibility index (Phi) is 7.65. The molecule has 0 spiro atoms. The molecule has 218 valence electrons. The molecule has 5 aromatic rings. The first kappa shape index (κ1) is 28.5. The summed E-state index contributed by atoms with van der Waals surface area (Å²) in [6.45, 7) is 0.530. The highest BCUT2D eigenvalue weighted by Gasteiger charge is 2.31. The number of carbonyl (C=O) groups is 1. The molecule has 6 rings (SSSR count). The number of nitrogens with zero attached hydrogens (tertiary/aromatic N) is 2. The first-order valence-electron chi connectivity index (χ1n) is 13.2. The minimum Gasteiger partial charge on any atom is -0.347 e. The summed E-state index contributed by atoms with van der Waals surface area (Å²) >= 11 is 1.47. The van der Waals surface area contributed by atoms with Gasteiger partial charge in [0.05, 0.1) is 23.7 Å². The van der Waals surface area contributed by atoms with Crippen molar-refractivity contribution in [1.29, 1.82) is 0 Å². The van der Waals surface area contributed by atoms with Crippen molar-refractivity contribution < 1.29 is 22.0 Å². The fourth-order valence-corrected chi connectivity index (χ4v) is 7.12. The number of nitrogens with one attached hydrogen (secondary N) is 2. The zero-order chi connectivity index (χ0) is 30.1. The van der Waals surface area contributed by atoms with Crippen LogP contribution in [0, 0.1) is 11.6 Å². The number of fused-ring (bicyclic) bond motifs is 1. The van der Waals surface area contributed by atoms with E-state index in [0.29, 0.717) is 17.8 Å². The highest BCUT2D eigenvalue weighted by Crippen LogP contribution is 2.36. The molecule has 1 amide bonds. The molecule has 1 aliphatic rings. The first-order valence-corrected chi connectivity index (χ1v) is 15.4. The number of hydrazine groups is 1. The van der Waals surface area contributed by atoms with Crippen molar-refractivity contribution in [1.82, 2.24) is 15.3 Å². The standard InChI is InChI=1S/C31H24F2N4O4S2/c32-26-11-8-20(15-27(26)33)19-36-14-4-7-25(31(36)39)30(38)34-18-23-10-13-29(42-23)21-9-12-28-22(16-21)17-35-37(28)43(40,41)24-5-2-1-3-6-24/h1-16,35H,17-19H2,(H,34,38). The number of anilines is 1. The van der Waals surface area contributed by atoms with Crippen LogP contribution in [-0.2, 0) is 29.7 Å². The van der Waals surface area contributed by atoms with Gasteiger partial charge in [-0.15, -0.1) is 11.3 Å². The van der Waals surface area contributed by atoms with Crippen LogP contribution in [0.3, 0.4) is 0 Å². The minimum atomic E-state index is -3.76. The quantitative estimate of drug-likeness (QED) is 0.254. The summed E-state index contributed by atoms with van der Waals surface area (Å²) in [6.07, 6.45) is 1.48. The van der Waals surface area contributed by atoms with Crippen LogP contribution in [0.1, 0.15) is 26.4 Å². The van der Waals surface area contributed by atoms with Crippen LogP contribution in [0.4, 0.5) is 14.5 Å². The zero-order valence-corrected chi connectivity index (χ0v) is 24.1. The number of halogens is 2. The molecule has 2 aromatic heterocycles. The van der Waals surface area contributed by atoms with Crippen molar-refractivity contribution in [2.75, 3.05) is 4.41 Å². The van der Waals surface area contributed by atoms with E-state index in [-0.39, 0.29) is 23.5 Å². The molecule has 12 heteroatoms. The topological polar surface area (TPSA) is 101 Å². The van der Waals surface area contributed by atoms with E-state index in [1.54, 1.807) is 42.5 Å². The lowest BCUT2D eigenvalue weighted by Crippen LogP contribution is -2.38. The van der Waals surface area contributed by atoms with Crippen LogP contribution < -0.4 is 20.7 Å². The summed E-state index contributed by atoms with van der Waals surface area (Å²) in [7, 11) is -3.76. The summed E-state index contributed by atoms with van der Waals surface area (Å²) in [5, 5.41) is 2.77. The van der Waals surface area contributed by atoms with Crippen molar-refractivity contribution in [2.24, 2.45) is 0 Å². The molecule has 8 nitrogen and oxygen atoms in total. The van der Waals surface area contributed by atoms with Crippen LogP contribution in [-0.4, -0.2) is 18.9 Å². The second-order valence-electron chi connectivity index (χ2n) is 9.81. The second kappa shape index (κ2) is 11.6. The number of carbonyl (C=O) groups excluding carboxylic acids is 1. The first-order chi connectivity index (χ1) is 20.7. The van der Waals surface area contributed by atoms with Gasteiger partial charge in [-0.1, -0.05) is 30.3 Å². The highest BCUT2D eigenvalue weighted by atomic mass is 32.2. The molecular weight excluding hydrogens is 594 g/mol. The molecule has 0 fully saturated rings. The van der Waals surface area contributed by atoms with Crippen LogP contribution in [0.25, 0.3) is 10.4 Å². The van der Waals surface area contributed by atoms with Gasteiger partial charge in [0.2, 0.25) is 0 Å². The Morgan fingerprint density at radius 2 is 1.74 bits per heavy atom.